The van der Waals surface area contributed by atoms with E-state index in [-0.39, 0.29) is 84.0 Å². The van der Waals surface area contributed by atoms with Crippen LogP contribution >= 0.6 is 136 Å². The van der Waals surface area contributed by atoms with Gasteiger partial charge in [-0.2, -0.15) is 4.58 Å². The van der Waals surface area contributed by atoms with Crippen LogP contribution in [0.15, 0.2) is 176 Å². The number of allylic oxidation sites excluding steroid dienone is 13. The van der Waals surface area contributed by atoms with Crippen molar-refractivity contribution in [2.24, 2.45) is 5.92 Å². The van der Waals surface area contributed by atoms with Crippen molar-refractivity contribution >= 4 is 188 Å². The van der Waals surface area contributed by atoms with Gasteiger partial charge in [-0.1, -0.05) is 173 Å². The first-order valence-electron chi connectivity index (χ1n) is 30.8. The van der Waals surface area contributed by atoms with E-state index in [0.29, 0.717) is 12.8 Å². The minimum absolute atomic E-state index is 0. The molecule has 18 heteroatoms. The van der Waals surface area contributed by atoms with E-state index in [0.717, 1.165) is 88.3 Å². The Balaban J connectivity index is 0.000000422. The third kappa shape index (κ3) is 23.0. The number of hydrogen-bond donors (Lipinski definition) is 3. The van der Waals surface area contributed by atoms with Crippen LogP contribution in [-0.4, -0.2) is 74.9 Å². The molecule has 0 aromatic heterocycles. The molecule has 4 unspecified atom stereocenters. The van der Waals surface area contributed by atoms with E-state index >= 15 is 0 Å². The molecule has 3 heterocycles. The molecule has 500 valence electrons. The minimum atomic E-state index is -0.750. The number of carboxylic acid groups (broad SMARTS) is 3. The third-order valence-electron chi connectivity index (χ3n) is 17.6. The van der Waals surface area contributed by atoms with Crippen LogP contribution in [0.4, 0.5) is 17.1 Å². The average Bonchev–Trinajstić information content (AvgIpc) is 1.59. The molecule has 0 amide bonds. The van der Waals surface area contributed by atoms with Crippen LogP contribution in [0.3, 0.4) is 0 Å². The molecule has 0 fully saturated rings. The highest BCUT2D eigenvalue weighted by molar-refractivity contribution is 14.1. The monoisotopic (exact) mass is 2170 g/mol. The maximum Gasteiger partial charge on any atom is 0.307 e. The number of rotatable bonds is 26. The Hall–Kier alpha value is -2.04. The molecule has 93 heavy (non-hydrogen) atoms. The largest absolute Gasteiger partial charge is 1.00 e. The van der Waals surface area contributed by atoms with E-state index in [1.165, 1.54) is 59.3 Å². The fourth-order valence-corrected chi connectivity index (χ4v) is 19.9. The second kappa shape index (κ2) is 41.5. The van der Waals surface area contributed by atoms with Crippen LogP contribution in [0.5, 0.6) is 0 Å². The molecule has 0 saturated carbocycles. The third-order valence-corrected chi connectivity index (χ3v) is 22.0. The number of aliphatic carboxylic acids is 3. The van der Waals surface area contributed by atoms with Crippen molar-refractivity contribution in [1.82, 2.24) is 0 Å². The first-order chi connectivity index (χ1) is 42.9. The summed E-state index contributed by atoms with van der Waals surface area (Å²) in [4.78, 5) is 36.6. The molecule has 0 bridgehead atoms. The Morgan fingerprint density at radius 3 is 1.59 bits per heavy atom. The van der Waals surface area contributed by atoms with E-state index < -0.39 is 29.2 Å². The van der Waals surface area contributed by atoms with Crippen molar-refractivity contribution < 1.29 is 99.2 Å². The predicted molar refractivity (Wildman–Crippen MR) is 425 cm³/mol. The molecule has 0 aliphatic carbocycles. The zero-order valence-electron chi connectivity index (χ0n) is 54.0. The van der Waals surface area contributed by atoms with E-state index in [2.05, 4.69) is 326 Å². The van der Waals surface area contributed by atoms with E-state index in [1.54, 1.807) is 0 Å². The molecule has 5 aromatic rings. The average molecular weight is 2180 g/mol. The van der Waals surface area contributed by atoms with Crippen LogP contribution in [0.2, 0.25) is 0 Å². The summed E-state index contributed by atoms with van der Waals surface area (Å²) in [5.41, 5.74) is 12.9. The summed E-state index contributed by atoms with van der Waals surface area (Å²) in [7, 11) is 6.33. The molecule has 0 spiro atoms. The fourth-order valence-electron chi connectivity index (χ4n) is 12.7. The maximum absolute atomic E-state index is 12.8. The van der Waals surface area contributed by atoms with Crippen molar-refractivity contribution in [3.8, 4) is 0 Å². The quantitative estimate of drug-likeness (QED) is 0.0218. The van der Waals surface area contributed by atoms with E-state index in [1.807, 2.05) is 55.6 Å². The fraction of sp³-hybridized carbons (Fsp3) is 0.347. The summed E-state index contributed by atoms with van der Waals surface area (Å²) in [5.74, 6) is -2.71. The van der Waals surface area contributed by atoms with Gasteiger partial charge in [0.1, 0.15) is 14.1 Å². The number of fused-ring (bicyclic) bond motifs is 3. The Kier molecular flexibility index (Phi) is 38.0. The molecule has 9 nitrogen and oxygen atoms in total. The van der Waals surface area contributed by atoms with Gasteiger partial charge in [-0.25, -0.2) is 4.58 Å². The molecule has 0 saturated heterocycles. The summed E-state index contributed by atoms with van der Waals surface area (Å²) in [5, 5.41) is 28.3. The predicted octanol–water partition coefficient (Wildman–Crippen LogP) is 12.0. The topological polar surface area (TPSA) is 121 Å². The van der Waals surface area contributed by atoms with Crippen molar-refractivity contribution in [2.75, 3.05) is 26.0 Å². The number of halogens is 9. The molecule has 3 aliphatic rings. The van der Waals surface area contributed by atoms with Gasteiger partial charge in [-0.05, 0) is 236 Å². The summed E-state index contributed by atoms with van der Waals surface area (Å²) in [6.45, 7) is 11.1. The highest BCUT2D eigenvalue weighted by atomic mass is 127. The van der Waals surface area contributed by atoms with Crippen LogP contribution in [0, 0.1) is 27.3 Å². The molecule has 3 aliphatic heterocycles. The molecule has 4 atom stereocenters. The van der Waals surface area contributed by atoms with Crippen LogP contribution < -0.4 is 65.3 Å². The van der Waals surface area contributed by atoms with Crippen molar-refractivity contribution in [2.45, 2.75) is 141 Å². The van der Waals surface area contributed by atoms with Crippen molar-refractivity contribution in [3.63, 3.8) is 0 Å². The number of nitrogens with zero attached hydrogens (tertiary/aromatic N) is 3. The van der Waals surface area contributed by atoms with Gasteiger partial charge in [0.15, 0.2) is 11.4 Å². The van der Waals surface area contributed by atoms with Crippen LogP contribution in [0.25, 0.3) is 6.08 Å². The first-order valence-corrected chi connectivity index (χ1v) is 37.3. The Bertz CT molecular complexity index is 3660. The number of carbonyl (C=O) groups is 3. The summed E-state index contributed by atoms with van der Waals surface area (Å²) in [6, 6.07) is 34.1. The van der Waals surface area contributed by atoms with Gasteiger partial charge in [-0.3, -0.25) is 14.4 Å². The highest BCUT2D eigenvalue weighted by Gasteiger charge is 2.52. The first kappa shape index (κ1) is 85.2. The number of benzene rings is 5. The van der Waals surface area contributed by atoms with Crippen molar-refractivity contribution in [1.29, 1.82) is 0 Å². The van der Waals surface area contributed by atoms with Gasteiger partial charge in [0.2, 0.25) is 11.4 Å². The molecular formula is C75H85ClI8N3O6-. The summed E-state index contributed by atoms with van der Waals surface area (Å²) in [6.07, 6.45) is 38.3. The summed E-state index contributed by atoms with van der Waals surface area (Å²) < 4.78 is 11.9. The second-order valence-electron chi connectivity index (χ2n) is 23.8. The van der Waals surface area contributed by atoms with Gasteiger partial charge >= 0.3 is 17.9 Å². The number of hydrogen-bond acceptors (Lipinski definition) is 4. The number of unbranched alkanes of at least 4 members (excludes halogenated alkanes) is 5. The Labute approximate surface area is 675 Å². The van der Waals surface area contributed by atoms with Gasteiger partial charge in [0.25, 0.3) is 0 Å². The SMILES string of the molecule is C(=C\C=C\c1ccccc1)/C=C/Cc1ccccc1.CC1=[N+](C)c2cc(I)cc(I)c2C1(C)CCCCCC(=O)O.CCCCC(C(=O)O)C1(C)/C(=C/C=C/C=C/C=C/C2=[N+](C)c3cc(I)cc(I)c3C2(C)CCCCCC(=O)O)N(C)c2cc(I)cc(I)c21.[Cl-].[I-].[I-]. The molecule has 8 rings (SSSR count). The smallest absolute Gasteiger partial charge is 0.307 e. The van der Waals surface area contributed by atoms with E-state index in [4.69, 9.17) is 10.2 Å². The Morgan fingerprint density at radius 1 is 0.570 bits per heavy atom. The second-order valence-corrected chi connectivity index (χ2v) is 31.0. The number of anilines is 1. The Morgan fingerprint density at radius 2 is 1.04 bits per heavy atom. The molecule has 5 aromatic carbocycles. The zero-order valence-corrected chi connectivity index (χ0v) is 72.0. The summed E-state index contributed by atoms with van der Waals surface area (Å²) >= 11 is 14.4. The lowest BCUT2D eigenvalue weighted by Crippen LogP contribution is -3.00. The lowest BCUT2D eigenvalue weighted by Gasteiger charge is -2.35. The zero-order chi connectivity index (χ0) is 65.8. The van der Waals surface area contributed by atoms with Gasteiger partial charge in [0.05, 0.1) is 27.9 Å². The molecular weight excluding hydrogens is 2090 g/mol. The standard InChI is InChI=1S/C39H44I4N2O4.C19H18.C17H21I2NO2.ClH.2HI/c1-6-7-16-27(37(48)49)39(3)33(45(5)31-24-26(41)22-29(43)36(31)39)18-13-10-8-9-12-17-32-38(2,20-15-11-14-19-34(46)47)35-28(42)21-25(40)23-30(35)44(32)4;1(2-6-12-18-14-8-4-9-15-18)3-7-13-19-16-10-5-11-17-19;1-11-17(2,8-6-4-5-7-15(21)22)16-13(19)9-12(18)10-14(16)20(11)3;;;/h8-10,12-13,17-18,21-24,27H,6-7,11,14-16,19-20H2,1-5H3,(H-,46,47,48,49);1-12,14-17H,13H2;9-10H,4-8H2,1-3H3;3*1H/p-1/b;2-1+,7-3+,12-6+;;;;. The lowest BCUT2D eigenvalue weighted by atomic mass is 9.69. The molecule has 3 N–H and O–H groups in total. The molecule has 0 radical (unpaired) electrons. The minimum Gasteiger partial charge on any atom is -1.00 e. The highest BCUT2D eigenvalue weighted by Crippen LogP contribution is 2.55. The maximum atomic E-state index is 12.8. The van der Waals surface area contributed by atoms with Gasteiger partial charge < -0.3 is 80.6 Å². The van der Waals surface area contributed by atoms with Gasteiger partial charge in [0, 0.05) is 88.8 Å². The van der Waals surface area contributed by atoms with Crippen molar-refractivity contribution in [3.05, 3.63) is 225 Å². The van der Waals surface area contributed by atoms with Crippen LogP contribution in [-0.2, 0) is 37.0 Å². The van der Waals surface area contributed by atoms with Gasteiger partial charge in [-0.15, -0.1) is 0 Å². The number of likely N-dealkylation sites (N-methyl/N-ethyl adjacent to an activating group) is 1. The van der Waals surface area contributed by atoms with E-state index in [9.17, 15) is 19.5 Å². The van der Waals surface area contributed by atoms with Crippen LogP contribution in [0.1, 0.15) is 146 Å². The normalized spacial score (nSPS) is 18.8. The number of carboxylic acids is 3. The lowest BCUT2D eigenvalue weighted by molar-refractivity contribution is -0.403.